The second-order valence-corrected chi connectivity index (χ2v) is 13.7. The van der Waals surface area contributed by atoms with Gasteiger partial charge in [0.25, 0.3) is 5.91 Å². The molecule has 3 aliphatic rings. The minimum Gasteiger partial charge on any atom is -0.386 e. The summed E-state index contributed by atoms with van der Waals surface area (Å²) in [6, 6.07) is 6.10. The number of amidine groups is 1. The van der Waals surface area contributed by atoms with Crippen LogP contribution in [0.4, 0.5) is 10.2 Å². The van der Waals surface area contributed by atoms with Crippen molar-refractivity contribution in [2.75, 3.05) is 11.9 Å². The first-order valence-corrected chi connectivity index (χ1v) is 13.4. The summed E-state index contributed by atoms with van der Waals surface area (Å²) in [5.41, 5.74) is 5.94. The Morgan fingerprint density at radius 2 is 2.03 bits per heavy atom. The summed E-state index contributed by atoms with van der Waals surface area (Å²) in [6.45, 7) is 7.45. The van der Waals surface area contributed by atoms with E-state index in [-0.39, 0.29) is 28.5 Å². The summed E-state index contributed by atoms with van der Waals surface area (Å²) in [5.74, 6) is -0.929. The molecule has 4 heterocycles. The van der Waals surface area contributed by atoms with Gasteiger partial charge >= 0.3 is 0 Å². The van der Waals surface area contributed by atoms with Crippen LogP contribution in [0.3, 0.4) is 0 Å². The number of pyridine rings is 2. The quantitative estimate of drug-likeness (QED) is 0.648. The van der Waals surface area contributed by atoms with Crippen LogP contribution in [0, 0.1) is 29.5 Å². The molecule has 0 unspecified atom stereocenters. The summed E-state index contributed by atoms with van der Waals surface area (Å²) in [7, 11) is -2.92. The number of amides is 1. The number of hydrogen-bond donors (Lipinski definition) is 2. The average Bonchev–Trinajstić information content (AvgIpc) is 3.59. The van der Waals surface area contributed by atoms with Crippen molar-refractivity contribution in [1.82, 2.24) is 9.97 Å². The van der Waals surface area contributed by atoms with Crippen molar-refractivity contribution in [3.05, 3.63) is 52.7 Å². The Morgan fingerprint density at radius 1 is 1.31 bits per heavy atom. The molecule has 2 aromatic heterocycles. The van der Waals surface area contributed by atoms with E-state index in [1.165, 1.54) is 18.3 Å². The van der Waals surface area contributed by atoms with Crippen LogP contribution < -0.4 is 11.1 Å². The molecule has 36 heavy (non-hydrogen) atoms. The molecule has 1 saturated carbocycles. The minimum atomic E-state index is -2.92. The summed E-state index contributed by atoms with van der Waals surface area (Å²) >= 11 is 0. The molecule has 5 rings (SSSR count). The van der Waals surface area contributed by atoms with Crippen LogP contribution >= 0.6 is 0 Å². The lowest BCUT2D eigenvalue weighted by Crippen LogP contribution is -2.61. The summed E-state index contributed by atoms with van der Waals surface area (Å²) < 4.78 is 33.5. The van der Waals surface area contributed by atoms with E-state index in [1.54, 1.807) is 33.8 Å². The highest BCUT2D eigenvalue weighted by Crippen LogP contribution is 2.58. The zero-order valence-corrected chi connectivity index (χ0v) is 21.4. The Labute approximate surface area is 209 Å². The van der Waals surface area contributed by atoms with Gasteiger partial charge in [-0.25, -0.2) is 22.9 Å². The third kappa shape index (κ3) is 3.50. The second-order valence-electron chi connectivity index (χ2n) is 10.7. The number of nitrogens with one attached hydrogen (secondary N) is 1. The molecule has 9 nitrogen and oxygen atoms in total. The molecule has 2 aromatic rings. The summed E-state index contributed by atoms with van der Waals surface area (Å²) in [4.78, 5) is 26.2. The number of hydrogen-bond acceptors (Lipinski definition) is 8. The second kappa shape index (κ2) is 7.80. The fraction of sp³-hybridized carbons (Fsp3) is 0.480. The number of nitrogens with zero attached hydrogens (tertiary/aromatic N) is 5. The molecular weight excluding hydrogens is 481 g/mol. The van der Waals surface area contributed by atoms with Crippen molar-refractivity contribution in [3.63, 3.8) is 0 Å². The molecule has 3 atom stereocenters. The maximum Gasteiger partial charge on any atom is 0.275 e. The predicted molar refractivity (Wildman–Crippen MR) is 134 cm³/mol. The minimum absolute atomic E-state index is 0.0222. The van der Waals surface area contributed by atoms with Crippen molar-refractivity contribution < 1.29 is 13.4 Å². The summed E-state index contributed by atoms with van der Waals surface area (Å²) in [6.07, 6.45) is 3.88. The molecular formula is C25H28FN7O2S. The van der Waals surface area contributed by atoms with E-state index >= 15 is 4.39 Å². The zero-order chi connectivity index (χ0) is 26.1. The van der Waals surface area contributed by atoms with Crippen LogP contribution in [0.2, 0.25) is 0 Å². The lowest BCUT2D eigenvalue weighted by Gasteiger charge is -2.49. The van der Waals surface area contributed by atoms with E-state index in [9.17, 15) is 9.00 Å². The SMILES string of the molecule is Cc1cc(C#N)cnc1C(=O)Nc1ccc(F)c([C@@]2(C)N=C(N)C(C)(C)[S@@]3(=O)=NCC4(CC4)C[C@H]23)n1. The van der Waals surface area contributed by atoms with Crippen molar-refractivity contribution in [2.45, 2.75) is 62.5 Å². The molecule has 188 valence electrons. The van der Waals surface area contributed by atoms with E-state index in [0.717, 1.165) is 12.8 Å². The first-order chi connectivity index (χ1) is 16.8. The van der Waals surface area contributed by atoms with E-state index < -0.39 is 37.0 Å². The molecule has 2 aliphatic heterocycles. The van der Waals surface area contributed by atoms with Gasteiger partial charge in [0.05, 0.1) is 27.1 Å². The number of anilines is 1. The van der Waals surface area contributed by atoms with Crippen LogP contribution in [-0.4, -0.2) is 42.5 Å². The number of fused-ring (bicyclic) bond motifs is 1. The molecule has 0 bridgehead atoms. The fourth-order valence-electron chi connectivity index (χ4n) is 5.19. The van der Waals surface area contributed by atoms with Crippen LogP contribution in [0.15, 0.2) is 33.8 Å². The Kier molecular flexibility index (Phi) is 5.27. The number of nitrogens with two attached hydrogens (primary N) is 1. The van der Waals surface area contributed by atoms with Gasteiger partial charge in [-0.2, -0.15) is 5.26 Å². The molecule has 0 saturated heterocycles. The monoisotopic (exact) mass is 509 g/mol. The zero-order valence-electron chi connectivity index (χ0n) is 20.6. The normalized spacial score (nSPS) is 29.3. The highest BCUT2D eigenvalue weighted by molar-refractivity contribution is 7.96. The number of aliphatic imine (C=N–C) groups is 1. The van der Waals surface area contributed by atoms with Crippen molar-refractivity contribution in [2.24, 2.45) is 20.5 Å². The predicted octanol–water partition coefficient (Wildman–Crippen LogP) is 3.43. The number of halogens is 1. The van der Waals surface area contributed by atoms with Gasteiger partial charge in [0.15, 0.2) is 0 Å². The van der Waals surface area contributed by atoms with Crippen LogP contribution in [0.5, 0.6) is 0 Å². The van der Waals surface area contributed by atoms with Gasteiger partial charge < -0.3 is 11.1 Å². The Balaban J connectivity index is 1.57. The number of aryl methyl sites for hydroxylation is 1. The molecule has 1 fully saturated rings. The van der Waals surface area contributed by atoms with E-state index in [2.05, 4.69) is 15.3 Å². The van der Waals surface area contributed by atoms with Gasteiger partial charge in [0.2, 0.25) is 0 Å². The largest absolute Gasteiger partial charge is 0.386 e. The van der Waals surface area contributed by atoms with Gasteiger partial charge in [0, 0.05) is 6.20 Å². The number of carbonyl (C=O) groups excluding carboxylic acids is 1. The lowest BCUT2D eigenvalue weighted by molar-refractivity contribution is 0.102. The van der Waals surface area contributed by atoms with Gasteiger partial charge in [-0.15, -0.1) is 0 Å². The number of rotatable bonds is 3. The average molecular weight is 510 g/mol. The van der Waals surface area contributed by atoms with Crippen LogP contribution in [-0.2, 0) is 15.3 Å². The first kappa shape index (κ1) is 24.3. The molecule has 0 radical (unpaired) electrons. The smallest absolute Gasteiger partial charge is 0.275 e. The molecule has 0 aromatic carbocycles. The van der Waals surface area contributed by atoms with Gasteiger partial charge in [-0.3, -0.25) is 9.79 Å². The first-order valence-electron chi connectivity index (χ1n) is 11.8. The standard InChI is InChI=1S/C25H28FN7O2S/c1-14-9-15(11-27)12-29-19(14)21(34)32-18-6-5-16(26)20(31-18)24(4)17-10-25(7-8-25)13-30-36(17,35)23(2,3)22(28)33-24/h5-6,9,12,17H,7-8,10,13H2,1-4H3,(H2,28,33)(H,31,32,34)/t17-,24+,36-/m1/s1. The third-order valence-electron chi connectivity index (χ3n) is 7.87. The maximum absolute atomic E-state index is 15.4. The van der Waals surface area contributed by atoms with Crippen LogP contribution in [0.1, 0.15) is 67.3 Å². The van der Waals surface area contributed by atoms with E-state index in [0.29, 0.717) is 24.1 Å². The van der Waals surface area contributed by atoms with Gasteiger partial charge in [-0.1, -0.05) is 0 Å². The Morgan fingerprint density at radius 3 is 2.67 bits per heavy atom. The number of nitriles is 1. The third-order valence-corrected chi connectivity index (χ3v) is 11.5. The van der Waals surface area contributed by atoms with Crippen molar-refractivity contribution in [1.29, 1.82) is 5.26 Å². The number of carbonyl (C=O) groups is 1. The lowest BCUT2D eigenvalue weighted by atomic mass is 9.85. The summed E-state index contributed by atoms with van der Waals surface area (Å²) in [5, 5.41) is 11.1. The topological polar surface area (TPSA) is 146 Å². The fourth-order valence-corrected chi connectivity index (χ4v) is 8.58. The van der Waals surface area contributed by atoms with E-state index in [1.807, 2.05) is 6.07 Å². The van der Waals surface area contributed by atoms with Crippen molar-refractivity contribution >= 4 is 27.3 Å². The number of aromatic nitrogens is 2. The Hall–Kier alpha value is -3.39. The van der Waals surface area contributed by atoms with Gasteiger partial charge in [0.1, 0.15) is 45.2 Å². The Bertz CT molecular complexity index is 1500. The van der Waals surface area contributed by atoms with E-state index in [4.69, 9.17) is 20.4 Å². The van der Waals surface area contributed by atoms with Gasteiger partial charge in [-0.05, 0) is 76.1 Å². The van der Waals surface area contributed by atoms with Crippen molar-refractivity contribution in [3.8, 4) is 6.07 Å². The maximum atomic E-state index is 15.4. The molecule has 1 spiro atoms. The molecule has 1 amide bonds. The molecule has 1 aliphatic carbocycles. The highest BCUT2D eigenvalue weighted by Gasteiger charge is 2.62. The molecule has 3 N–H and O–H groups in total. The van der Waals surface area contributed by atoms with Crippen LogP contribution in [0.25, 0.3) is 0 Å². The highest BCUT2D eigenvalue weighted by atomic mass is 32.2. The molecule has 11 heteroatoms.